The van der Waals surface area contributed by atoms with Gasteiger partial charge in [-0.05, 0) is 50.7 Å². The number of para-hydroxylation sites is 1. The number of amides is 1. The number of rotatable bonds is 5. The van der Waals surface area contributed by atoms with Gasteiger partial charge in [0.2, 0.25) is 5.91 Å². The van der Waals surface area contributed by atoms with E-state index >= 15 is 0 Å². The maximum Gasteiger partial charge on any atom is 0.220 e. The van der Waals surface area contributed by atoms with E-state index in [4.69, 9.17) is 4.74 Å². The van der Waals surface area contributed by atoms with E-state index in [0.29, 0.717) is 18.4 Å². The van der Waals surface area contributed by atoms with Crippen molar-refractivity contribution in [2.45, 2.75) is 70.9 Å². The van der Waals surface area contributed by atoms with Crippen LogP contribution >= 0.6 is 0 Å². The van der Waals surface area contributed by atoms with Crippen LogP contribution in [0.3, 0.4) is 0 Å². The van der Waals surface area contributed by atoms with Gasteiger partial charge < -0.3 is 15.0 Å². The summed E-state index contributed by atoms with van der Waals surface area (Å²) in [5.41, 5.74) is 1.09. The van der Waals surface area contributed by atoms with Gasteiger partial charge in [-0.25, -0.2) is 0 Å². The lowest BCUT2D eigenvalue weighted by Gasteiger charge is -2.47. The molecule has 0 saturated carbocycles. The minimum absolute atomic E-state index is 0.108. The Labute approximate surface area is 158 Å². The predicted molar refractivity (Wildman–Crippen MR) is 106 cm³/mol. The van der Waals surface area contributed by atoms with E-state index in [1.54, 1.807) is 0 Å². The number of carbonyl (C=O) groups is 1. The van der Waals surface area contributed by atoms with Crippen LogP contribution in [-0.4, -0.2) is 42.1 Å². The minimum Gasteiger partial charge on any atom is -0.487 e. The molecule has 1 atom stereocenters. The van der Waals surface area contributed by atoms with E-state index in [9.17, 15) is 4.79 Å². The van der Waals surface area contributed by atoms with Crippen LogP contribution in [0.2, 0.25) is 0 Å². The highest BCUT2D eigenvalue weighted by atomic mass is 16.5. The number of nitrogens with zero attached hydrogens (tertiary/aromatic N) is 1. The molecule has 2 heterocycles. The van der Waals surface area contributed by atoms with E-state index in [1.807, 2.05) is 6.07 Å². The SMILES string of the molecule is CC(C)CNC(=O)CC1CC2(CCN(C(C)C)CC2)Oc2ccccc21. The quantitative estimate of drug-likeness (QED) is 0.866. The van der Waals surface area contributed by atoms with E-state index in [0.717, 1.165) is 44.6 Å². The third kappa shape index (κ3) is 4.40. The molecule has 1 N–H and O–H groups in total. The van der Waals surface area contributed by atoms with E-state index in [-0.39, 0.29) is 17.4 Å². The Balaban J connectivity index is 1.73. The molecule has 3 rings (SSSR count). The molecule has 4 heteroatoms. The maximum atomic E-state index is 12.5. The second-order valence-corrected chi connectivity index (χ2v) is 8.76. The Kier molecular flexibility index (Phi) is 5.91. The molecule has 0 radical (unpaired) electrons. The summed E-state index contributed by atoms with van der Waals surface area (Å²) >= 11 is 0. The summed E-state index contributed by atoms with van der Waals surface area (Å²) in [5, 5.41) is 3.09. The van der Waals surface area contributed by atoms with E-state index in [2.05, 4.69) is 56.1 Å². The maximum absolute atomic E-state index is 12.5. The summed E-state index contributed by atoms with van der Waals surface area (Å²) in [6.45, 7) is 11.7. The number of nitrogens with one attached hydrogen (secondary N) is 1. The van der Waals surface area contributed by atoms with Crippen LogP contribution in [0, 0.1) is 5.92 Å². The molecule has 144 valence electrons. The van der Waals surface area contributed by atoms with Crippen LogP contribution in [0.15, 0.2) is 24.3 Å². The van der Waals surface area contributed by atoms with Gasteiger partial charge >= 0.3 is 0 Å². The molecule has 1 fully saturated rings. The van der Waals surface area contributed by atoms with Crippen molar-refractivity contribution in [3.8, 4) is 5.75 Å². The Morgan fingerprint density at radius 2 is 1.92 bits per heavy atom. The average molecular weight is 359 g/mol. The number of hydrogen-bond acceptors (Lipinski definition) is 3. The zero-order valence-corrected chi connectivity index (χ0v) is 16.8. The summed E-state index contributed by atoms with van der Waals surface area (Å²) < 4.78 is 6.54. The normalized spacial score (nSPS) is 22.3. The predicted octanol–water partition coefficient (Wildman–Crippen LogP) is 3.96. The zero-order chi connectivity index (χ0) is 18.7. The lowest BCUT2D eigenvalue weighted by molar-refractivity contribution is -0.122. The van der Waals surface area contributed by atoms with Crippen LogP contribution in [0.4, 0.5) is 0 Å². The lowest BCUT2D eigenvalue weighted by atomic mass is 9.76. The first-order valence-electron chi connectivity index (χ1n) is 10.2. The zero-order valence-electron chi connectivity index (χ0n) is 16.8. The molecule has 1 aromatic rings. The molecule has 1 spiro atoms. The Morgan fingerprint density at radius 3 is 2.58 bits per heavy atom. The van der Waals surface area contributed by atoms with Crippen molar-refractivity contribution in [3.63, 3.8) is 0 Å². The fourth-order valence-corrected chi connectivity index (χ4v) is 4.29. The van der Waals surface area contributed by atoms with Gasteiger partial charge in [-0.3, -0.25) is 4.79 Å². The third-order valence-electron chi connectivity index (χ3n) is 5.88. The summed E-state index contributed by atoms with van der Waals surface area (Å²) in [6.07, 6.45) is 3.60. The number of likely N-dealkylation sites (tertiary alicyclic amines) is 1. The second-order valence-electron chi connectivity index (χ2n) is 8.76. The third-order valence-corrected chi connectivity index (χ3v) is 5.88. The first-order chi connectivity index (χ1) is 12.4. The molecular weight excluding hydrogens is 324 g/mol. The highest BCUT2D eigenvalue weighted by Gasteiger charge is 2.43. The number of carbonyl (C=O) groups excluding carboxylic acids is 1. The number of ether oxygens (including phenoxy) is 1. The van der Waals surface area contributed by atoms with Gasteiger partial charge in [0.25, 0.3) is 0 Å². The number of fused-ring (bicyclic) bond motifs is 1. The number of benzene rings is 1. The Bertz CT molecular complexity index is 618. The fourth-order valence-electron chi connectivity index (χ4n) is 4.29. The second kappa shape index (κ2) is 7.99. The van der Waals surface area contributed by atoms with Crippen LogP contribution in [0.1, 0.15) is 64.9 Å². The van der Waals surface area contributed by atoms with Crippen LogP contribution in [0.25, 0.3) is 0 Å². The first kappa shape index (κ1) is 19.2. The molecule has 4 nitrogen and oxygen atoms in total. The highest BCUT2D eigenvalue weighted by molar-refractivity contribution is 5.77. The van der Waals surface area contributed by atoms with Crippen LogP contribution in [-0.2, 0) is 4.79 Å². The van der Waals surface area contributed by atoms with Crippen molar-refractivity contribution >= 4 is 5.91 Å². The van der Waals surface area contributed by atoms with E-state index in [1.165, 1.54) is 5.56 Å². The van der Waals surface area contributed by atoms with Crippen molar-refractivity contribution in [1.29, 1.82) is 0 Å². The van der Waals surface area contributed by atoms with Crippen molar-refractivity contribution < 1.29 is 9.53 Å². The van der Waals surface area contributed by atoms with Crippen molar-refractivity contribution in [2.24, 2.45) is 5.92 Å². The molecule has 2 aliphatic rings. The smallest absolute Gasteiger partial charge is 0.220 e. The van der Waals surface area contributed by atoms with Crippen molar-refractivity contribution in [2.75, 3.05) is 19.6 Å². The minimum atomic E-state index is -0.108. The largest absolute Gasteiger partial charge is 0.487 e. The lowest BCUT2D eigenvalue weighted by Crippen LogP contribution is -2.52. The van der Waals surface area contributed by atoms with E-state index < -0.39 is 0 Å². The average Bonchev–Trinajstić information content (AvgIpc) is 2.60. The molecule has 0 aromatic heterocycles. The van der Waals surface area contributed by atoms with Gasteiger partial charge in [-0.15, -0.1) is 0 Å². The molecule has 1 amide bonds. The topological polar surface area (TPSA) is 41.6 Å². The molecule has 26 heavy (non-hydrogen) atoms. The van der Waals surface area contributed by atoms with Crippen LogP contribution < -0.4 is 10.1 Å². The fraction of sp³-hybridized carbons (Fsp3) is 0.682. The van der Waals surface area contributed by atoms with Gasteiger partial charge in [-0.1, -0.05) is 32.0 Å². The number of piperidine rings is 1. The van der Waals surface area contributed by atoms with Gasteiger partial charge in [-0.2, -0.15) is 0 Å². The first-order valence-corrected chi connectivity index (χ1v) is 10.2. The van der Waals surface area contributed by atoms with Crippen LogP contribution in [0.5, 0.6) is 5.75 Å². The van der Waals surface area contributed by atoms with Crippen molar-refractivity contribution in [3.05, 3.63) is 29.8 Å². The molecule has 0 bridgehead atoms. The Hall–Kier alpha value is -1.55. The molecule has 2 aliphatic heterocycles. The summed E-state index contributed by atoms with van der Waals surface area (Å²) in [6, 6.07) is 8.88. The molecule has 1 saturated heterocycles. The number of hydrogen-bond donors (Lipinski definition) is 1. The summed E-state index contributed by atoms with van der Waals surface area (Å²) in [4.78, 5) is 15.0. The van der Waals surface area contributed by atoms with Gasteiger partial charge in [0.05, 0.1) is 0 Å². The van der Waals surface area contributed by atoms with Gasteiger partial charge in [0.15, 0.2) is 0 Å². The molecule has 1 unspecified atom stereocenters. The monoisotopic (exact) mass is 358 g/mol. The van der Waals surface area contributed by atoms with Crippen molar-refractivity contribution in [1.82, 2.24) is 10.2 Å². The summed E-state index contributed by atoms with van der Waals surface area (Å²) in [5.74, 6) is 1.87. The van der Waals surface area contributed by atoms with Gasteiger partial charge in [0, 0.05) is 38.0 Å². The standard InChI is InChI=1S/C22H34N2O2/c1-16(2)15-23-21(25)13-18-14-22(9-11-24(12-10-22)17(3)4)26-20-8-6-5-7-19(18)20/h5-8,16-18H,9-15H2,1-4H3,(H,23,25). The summed E-state index contributed by atoms with van der Waals surface area (Å²) in [7, 11) is 0. The molecule has 1 aromatic carbocycles. The Morgan fingerprint density at radius 1 is 1.23 bits per heavy atom. The molecule has 0 aliphatic carbocycles. The van der Waals surface area contributed by atoms with Gasteiger partial charge in [0.1, 0.15) is 11.4 Å². The highest BCUT2D eigenvalue weighted by Crippen LogP contribution is 2.46. The molecular formula is C22H34N2O2.